The van der Waals surface area contributed by atoms with Gasteiger partial charge in [0.1, 0.15) is 0 Å². The average Bonchev–Trinajstić information content (AvgIpc) is 2.25. The quantitative estimate of drug-likeness (QED) is 0.349. The van der Waals surface area contributed by atoms with Crippen molar-refractivity contribution in [1.82, 2.24) is 0 Å². The van der Waals surface area contributed by atoms with Gasteiger partial charge in [0.2, 0.25) is 0 Å². The van der Waals surface area contributed by atoms with Gasteiger partial charge in [-0.05, 0) is 12.3 Å². The largest absolute Gasteiger partial charge is 0.0654 e. The van der Waals surface area contributed by atoms with Crippen LogP contribution in [0.5, 0.6) is 0 Å². The molecule has 0 nitrogen and oxygen atoms in total. The van der Waals surface area contributed by atoms with Crippen molar-refractivity contribution in [2.45, 2.75) is 91.4 Å². The maximum absolute atomic E-state index is 2.51. The molecule has 0 aromatic rings. The van der Waals surface area contributed by atoms with Gasteiger partial charge in [0.05, 0.1) is 0 Å². The number of rotatable bonds is 12. The maximum Gasteiger partial charge on any atom is -0.0386 e. The van der Waals surface area contributed by atoms with Crippen LogP contribution in [0.15, 0.2) is 0 Å². The van der Waals surface area contributed by atoms with Gasteiger partial charge in [-0.2, -0.15) is 0 Å². The Morgan fingerprint density at radius 2 is 1.31 bits per heavy atom. The van der Waals surface area contributed by atoms with E-state index in [0.717, 1.165) is 5.92 Å². The Hall–Kier alpha value is 0. The first-order valence-electron chi connectivity index (χ1n) is 7.59. The third-order valence-electron chi connectivity index (χ3n) is 3.20. The first-order valence-corrected chi connectivity index (χ1v) is 7.59. The Morgan fingerprint density at radius 3 is 1.88 bits per heavy atom. The molecule has 0 fully saturated rings. The van der Waals surface area contributed by atoms with Crippen LogP contribution in [0.4, 0.5) is 0 Å². The lowest BCUT2D eigenvalue weighted by atomic mass is 10.0. The number of unbranched alkanes of at least 4 members (excludes halogenated alkanes) is 10. The molecule has 0 saturated carbocycles. The molecule has 97 valence electrons. The normalized spacial score (nSPS) is 11.2. The fourth-order valence-electron chi connectivity index (χ4n) is 2.05. The van der Waals surface area contributed by atoms with E-state index in [1.807, 2.05) is 0 Å². The molecule has 0 bridgehead atoms. The van der Waals surface area contributed by atoms with E-state index in [4.69, 9.17) is 0 Å². The number of hydrogen-bond acceptors (Lipinski definition) is 0. The first kappa shape index (κ1) is 16.0. The summed E-state index contributed by atoms with van der Waals surface area (Å²) < 4.78 is 0. The average molecular weight is 225 g/mol. The Balaban J connectivity index is 2.88. The summed E-state index contributed by atoms with van der Waals surface area (Å²) >= 11 is 0. The molecule has 0 heterocycles. The van der Waals surface area contributed by atoms with Crippen molar-refractivity contribution >= 4 is 0 Å². The zero-order chi connectivity index (χ0) is 12.1. The minimum atomic E-state index is 0.894. The van der Waals surface area contributed by atoms with E-state index in [-0.39, 0.29) is 0 Å². The highest BCUT2D eigenvalue weighted by Crippen LogP contribution is 2.13. The molecule has 0 aliphatic rings. The minimum absolute atomic E-state index is 0.894. The van der Waals surface area contributed by atoms with Crippen LogP contribution in [0.1, 0.15) is 91.4 Å². The van der Waals surface area contributed by atoms with Gasteiger partial charge >= 0.3 is 0 Å². The molecule has 0 aliphatic heterocycles. The van der Waals surface area contributed by atoms with Crippen LogP contribution in [0.2, 0.25) is 0 Å². The lowest BCUT2D eigenvalue weighted by Crippen LogP contribution is -1.87. The van der Waals surface area contributed by atoms with Gasteiger partial charge in [-0.25, -0.2) is 0 Å². The Labute approximate surface area is 104 Å². The Kier molecular flexibility index (Phi) is 13.1. The molecule has 0 rings (SSSR count). The van der Waals surface area contributed by atoms with Gasteiger partial charge < -0.3 is 0 Å². The van der Waals surface area contributed by atoms with E-state index in [1.54, 1.807) is 0 Å². The predicted octanol–water partition coefficient (Wildman–Crippen LogP) is 6.16. The van der Waals surface area contributed by atoms with Crippen molar-refractivity contribution < 1.29 is 0 Å². The molecule has 1 radical (unpaired) electrons. The molecule has 0 saturated heterocycles. The van der Waals surface area contributed by atoms with Crippen LogP contribution in [-0.2, 0) is 0 Å². The fourth-order valence-corrected chi connectivity index (χ4v) is 2.05. The summed E-state index contributed by atoms with van der Waals surface area (Å²) in [6, 6.07) is 0. The molecule has 0 amide bonds. The highest BCUT2D eigenvalue weighted by Gasteiger charge is 1.95. The second kappa shape index (κ2) is 13.1. The molecule has 0 atom stereocenters. The van der Waals surface area contributed by atoms with Gasteiger partial charge in [0.25, 0.3) is 0 Å². The monoisotopic (exact) mass is 225 g/mol. The van der Waals surface area contributed by atoms with E-state index in [9.17, 15) is 0 Å². The van der Waals surface area contributed by atoms with E-state index in [0.29, 0.717) is 0 Å². The predicted molar refractivity (Wildman–Crippen MR) is 75.6 cm³/mol. The van der Waals surface area contributed by atoms with E-state index < -0.39 is 0 Å². The third-order valence-corrected chi connectivity index (χ3v) is 3.20. The van der Waals surface area contributed by atoms with Gasteiger partial charge in [-0.1, -0.05) is 91.4 Å². The molecule has 0 aromatic carbocycles. The Morgan fingerprint density at radius 1 is 0.750 bits per heavy atom. The summed E-state index contributed by atoms with van der Waals surface area (Å²) in [5.41, 5.74) is 0. The van der Waals surface area contributed by atoms with Crippen LogP contribution >= 0.6 is 0 Å². The van der Waals surface area contributed by atoms with Gasteiger partial charge in [0, 0.05) is 0 Å². The van der Waals surface area contributed by atoms with Crippen molar-refractivity contribution in [3.05, 3.63) is 6.42 Å². The summed E-state index contributed by atoms with van der Waals surface area (Å²) in [6.45, 7) is 6.93. The summed E-state index contributed by atoms with van der Waals surface area (Å²) in [6.07, 6.45) is 18.0. The van der Waals surface area contributed by atoms with Gasteiger partial charge in [-0.15, -0.1) is 0 Å². The number of hydrogen-bond donors (Lipinski definition) is 0. The highest BCUT2D eigenvalue weighted by molar-refractivity contribution is 4.64. The minimum Gasteiger partial charge on any atom is -0.0654 e. The van der Waals surface area contributed by atoms with E-state index in [2.05, 4.69) is 27.2 Å². The smallest absolute Gasteiger partial charge is 0.0386 e. The molecule has 0 aliphatic carbocycles. The molecule has 0 aromatic heterocycles. The molecule has 0 N–H and O–H groups in total. The molecule has 0 unspecified atom stereocenters. The summed E-state index contributed by atoms with van der Waals surface area (Å²) in [7, 11) is 0. The molecule has 0 spiro atoms. The van der Waals surface area contributed by atoms with Crippen LogP contribution in [0, 0.1) is 12.3 Å². The van der Waals surface area contributed by atoms with Crippen molar-refractivity contribution in [2.75, 3.05) is 0 Å². The summed E-state index contributed by atoms with van der Waals surface area (Å²) in [4.78, 5) is 0. The van der Waals surface area contributed by atoms with Crippen LogP contribution < -0.4 is 0 Å². The van der Waals surface area contributed by atoms with Crippen LogP contribution in [-0.4, -0.2) is 0 Å². The standard InChI is InChI=1S/C16H33/c1-4-5-6-7-8-9-10-11-12-13-14-15-16(2)3/h9,16H,4-8,10-15H2,1-3H3. The summed E-state index contributed by atoms with van der Waals surface area (Å²) in [5.74, 6) is 0.894. The zero-order valence-corrected chi connectivity index (χ0v) is 11.9. The third kappa shape index (κ3) is 14.0. The van der Waals surface area contributed by atoms with Crippen molar-refractivity contribution in [3.63, 3.8) is 0 Å². The maximum atomic E-state index is 2.51. The highest BCUT2D eigenvalue weighted by atomic mass is 14.0. The van der Waals surface area contributed by atoms with E-state index in [1.165, 1.54) is 70.6 Å². The first-order chi connectivity index (χ1) is 7.77. The van der Waals surface area contributed by atoms with Crippen molar-refractivity contribution in [1.29, 1.82) is 0 Å². The summed E-state index contributed by atoms with van der Waals surface area (Å²) in [5, 5.41) is 0. The Bertz CT molecular complexity index is 115. The second-order valence-electron chi connectivity index (χ2n) is 5.52. The lowest BCUT2D eigenvalue weighted by Gasteiger charge is -2.04. The fraction of sp³-hybridized carbons (Fsp3) is 0.938. The molecule has 16 heavy (non-hydrogen) atoms. The van der Waals surface area contributed by atoms with E-state index >= 15 is 0 Å². The van der Waals surface area contributed by atoms with Gasteiger partial charge in [0.15, 0.2) is 0 Å². The van der Waals surface area contributed by atoms with Crippen LogP contribution in [0.25, 0.3) is 0 Å². The molecular weight excluding hydrogens is 192 g/mol. The lowest BCUT2D eigenvalue weighted by molar-refractivity contribution is 0.517. The second-order valence-corrected chi connectivity index (χ2v) is 5.52. The zero-order valence-electron chi connectivity index (χ0n) is 11.9. The van der Waals surface area contributed by atoms with Crippen molar-refractivity contribution in [2.24, 2.45) is 5.92 Å². The molecular formula is C16H33. The molecule has 0 heteroatoms. The van der Waals surface area contributed by atoms with Crippen molar-refractivity contribution in [3.8, 4) is 0 Å². The van der Waals surface area contributed by atoms with Crippen LogP contribution in [0.3, 0.4) is 0 Å². The van der Waals surface area contributed by atoms with Gasteiger partial charge in [-0.3, -0.25) is 0 Å². The topological polar surface area (TPSA) is 0 Å². The SMILES string of the molecule is CCCCCC[CH]CCCCCCC(C)C.